The lowest BCUT2D eigenvalue weighted by Crippen LogP contribution is -2.51. The number of carbonyl (C=O) groups is 1. The molecule has 1 unspecified atom stereocenters. The van der Waals surface area contributed by atoms with Crippen molar-refractivity contribution in [2.45, 2.75) is 32.4 Å². The molecule has 0 bridgehead atoms. The number of halogens is 1. The summed E-state index contributed by atoms with van der Waals surface area (Å²) >= 11 is 3.40. The molecule has 3 rings (SSSR count). The molecule has 3 aromatic rings. The Balaban J connectivity index is 2.07. The van der Waals surface area contributed by atoms with Gasteiger partial charge in [0, 0.05) is 16.5 Å². The van der Waals surface area contributed by atoms with Crippen molar-refractivity contribution in [1.82, 2.24) is 0 Å². The zero-order chi connectivity index (χ0) is 21.9. The van der Waals surface area contributed by atoms with Crippen LogP contribution in [0.1, 0.15) is 24.8 Å². The molecule has 30 heavy (non-hydrogen) atoms. The fourth-order valence-corrected chi connectivity index (χ4v) is 6.61. The molecule has 0 spiro atoms. The fraction of sp³-hybridized carbons (Fsp3) is 0.208. The van der Waals surface area contributed by atoms with Crippen molar-refractivity contribution in [3.05, 3.63) is 92.9 Å². The lowest BCUT2D eigenvalue weighted by atomic mass is 9.93. The molecule has 0 aromatic heterocycles. The van der Waals surface area contributed by atoms with Crippen LogP contribution in [0.25, 0.3) is 11.1 Å². The molecular weight excluding hydrogens is 458 g/mol. The van der Waals surface area contributed by atoms with Gasteiger partial charge in [-0.3, -0.25) is 10.1 Å². The Morgan fingerprint density at radius 2 is 1.67 bits per heavy atom. The average Bonchev–Trinajstić information content (AvgIpc) is 2.75. The van der Waals surface area contributed by atoms with Crippen LogP contribution >= 0.6 is 15.9 Å². The smallest absolute Gasteiger partial charge is 0.277 e. The van der Waals surface area contributed by atoms with Crippen LogP contribution < -0.4 is 5.19 Å². The van der Waals surface area contributed by atoms with Gasteiger partial charge in [-0.15, -0.1) is 0 Å². The first-order chi connectivity index (χ1) is 14.3. The predicted molar refractivity (Wildman–Crippen MR) is 128 cm³/mol. The molecular formula is C24H24BrNO3Si. The standard InChI is InChI=1S/C24H24BrNO3Si/c1-4-21(24(27)30(2,3)20-8-6-5-7-9-20)18-12-15-23(26(28)29)22(16-18)17-10-13-19(25)14-11-17/h5-16,21H,4H2,1-3H3. The van der Waals surface area contributed by atoms with Crippen molar-refractivity contribution in [3.63, 3.8) is 0 Å². The van der Waals surface area contributed by atoms with Crippen LogP contribution in [-0.2, 0) is 4.79 Å². The van der Waals surface area contributed by atoms with Gasteiger partial charge in [-0.2, -0.15) is 0 Å². The van der Waals surface area contributed by atoms with Crippen molar-refractivity contribution >= 4 is 40.3 Å². The number of hydrogen-bond acceptors (Lipinski definition) is 3. The Morgan fingerprint density at radius 1 is 1.03 bits per heavy atom. The normalized spacial score (nSPS) is 12.4. The van der Waals surface area contributed by atoms with Crippen molar-refractivity contribution < 1.29 is 9.72 Å². The second-order valence-corrected chi connectivity index (χ2v) is 13.1. The summed E-state index contributed by atoms with van der Waals surface area (Å²) in [5.74, 6) is -0.290. The average molecular weight is 482 g/mol. The van der Waals surface area contributed by atoms with E-state index in [2.05, 4.69) is 29.0 Å². The van der Waals surface area contributed by atoms with E-state index in [1.54, 1.807) is 6.07 Å². The molecule has 0 fully saturated rings. The monoisotopic (exact) mass is 481 g/mol. The molecule has 0 aliphatic carbocycles. The molecule has 154 valence electrons. The predicted octanol–water partition coefficient (Wildman–Crippen LogP) is 6.24. The van der Waals surface area contributed by atoms with Gasteiger partial charge in [-0.05, 0) is 35.7 Å². The Bertz CT molecular complexity index is 1070. The fourth-order valence-electron chi connectivity index (χ4n) is 3.80. The summed E-state index contributed by atoms with van der Waals surface area (Å²) in [5, 5.41) is 13.0. The van der Waals surface area contributed by atoms with Crippen LogP contribution in [0, 0.1) is 10.1 Å². The van der Waals surface area contributed by atoms with Crippen molar-refractivity contribution in [2.24, 2.45) is 0 Å². The number of nitrogens with zero attached hydrogens (tertiary/aromatic N) is 1. The van der Waals surface area contributed by atoms with E-state index in [0.717, 1.165) is 20.8 Å². The maximum absolute atomic E-state index is 13.6. The van der Waals surface area contributed by atoms with E-state index in [9.17, 15) is 14.9 Å². The minimum Gasteiger partial charge on any atom is -0.304 e. The largest absolute Gasteiger partial charge is 0.304 e. The third-order valence-electron chi connectivity index (χ3n) is 5.61. The molecule has 3 aromatic carbocycles. The second kappa shape index (κ2) is 9.06. The molecule has 0 radical (unpaired) electrons. The van der Waals surface area contributed by atoms with Crippen LogP contribution in [-0.4, -0.2) is 18.4 Å². The van der Waals surface area contributed by atoms with Gasteiger partial charge >= 0.3 is 0 Å². The van der Waals surface area contributed by atoms with Gasteiger partial charge in [-0.25, -0.2) is 0 Å². The van der Waals surface area contributed by atoms with Gasteiger partial charge in [-0.1, -0.05) is 89.7 Å². The molecule has 0 aliphatic rings. The van der Waals surface area contributed by atoms with E-state index in [-0.39, 0.29) is 21.9 Å². The Morgan fingerprint density at radius 3 is 2.23 bits per heavy atom. The van der Waals surface area contributed by atoms with Gasteiger partial charge in [0.15, 0.2) is 8.07 Å². The summed E-state index contributed by atoms with van der Waals surface area (Å²) < 4.78 is 0.905. The van der Waals surface area contributed by atoms with Crippen molar-refractivity contribution in [3.8, 4) is 11.1 Å². The zero-order valence-electron chi connectivity index (χ0n) is 17.3. The maximum Gasteiger partial charge on any atom is 0.277 e. The lowest BCUT2D eigenvalue weighted by Gasteiger charge is -2.27. The first kappa shape index (κ1) is 22.1. The van der Waals surface area contributed by atoms with Crippen LogP contribution in [0.4, 0.5) is 5.69 Å². The van der Waals surface area contributed by atoms with Crippen LogP contribution in [0.3, 0.4) is 0 Å². The summed E-state index contributed by atoms with van der Waals surface area (Å²) in [7, 11) is -2.37. The van der Waals surface area contributed by atoms with Gasteiger partial charge in [0.2, 0.25) is 0 Å². The van der Waals surface area contributed by atoms with Crippen LogP contribution in [0.15, 0.2) is 77.3 Å². The van der Waals surface area contributed by atoms with E-state index in [1.807, 2.05) is 67.6 Å². The molecule has 6 heteroatoms. The number of nitro groups is 1. The van der Waals surface area contributed by atoms with E-state index in [1.165, 1.54) is 6.07 Å². The van der Waals surface area contributed by atoms with Crippen LogP contribution in [0.5, 0.6) is 0 Å². The highest BCUT2D eigenvalue weighted by Crippen LogP contribution is 2.35. The molecule has 0 heterocycles. The van der Waals surface area contributed by atoms with Gasteiger partial charge in [0.05, 0.1) is 10.5 Å². The number of rotatable bonds is 7. The topological polar surface area (TPSA) is 60.2 Å². The van der Waals surface area contributed by atoms with Crippen molar-refractivity contribution in [2.75, 3.05) is 0 Å². The molecule has 0 saturated heterocycles. The summed E-state index contributed by atoms with van der Waals surface area (Å²) in [6.07, 6.45) is 0.652. The quantitative estimate of drug-likeness (QED) is 0.228. The van der Waals surface area contributed by atoms with Crippen LogP contribution in [0.2, 0.25) is 13.1 Å². The van der Waals surface area contributed by atoms with Crippen molar-refractivity contribution in [1.29, 1.82) is 0 Å². The van der Waals surface area contributed by atoms with Gasteiger partial charge in [0.25, 0.3) is 5.69 Å². The van der Waals surface area contributed by atoms with E-state index in [4.69, 9.17) is 0 Å². The summed E-state index contributed by atoms with van der Waals surface area (Å²) in [6.45, 7) is 6.15. The highest BCUT2D eigenvalue weighted by atomic mass is 79.9. The summed E-state index contributed by atoms with van der Waals surface area (Å²) in [6, 6.07) is 22.5. The highest BCUT2D eigenvalue weighted by Gasteiger charge is 2.37. The molecule has 4 nitrogen and oxygen atoms in total. The SMILES string of the molecule is CCC(C(=O)[Si](C)(C)c1ccccc1)c1ccc([N+](=O)[O-])c(-c2ccc(Br)cc2)c1. The third kappa shape index (κ3) is 4.44. The highest BCUT2D eigenvalue weighted by molar-refractivity contribution is 9.10. The number of carbonyl (C=O) groups excluding carboxylic acids is 1. The molecule has 0 amide bonds. The molecule has 0 N–H and O–H groups in total. The second-order valence-electron chi connectivity index (χ2n) is 7.86. The Kier molecular flexibility index (Phi) is 6.68. The summed E-state index contributed by atoms with van der Waals surface area (Å²) in [5.41, 5.74) is 2.18. The maximum atomic E-state index is 13.6. The van der Waals surface area contributed by atoms with E-state index >= 15 is 0 Å². The summed E-state index contributed by atoms with van der Waals surface area (Å²) in [4.78, 5) is 24.9. The zero-order valence-corrected chi connectivity index (χ0v) is 19.8. The van der Waals surface area contributed by atoms with E-state index in [0.29, 0.717) is 12.0 Å². The minimum atomic E-state index is -2.37. The number of benzene rings is 3. The van der Waals surface area contributed by atoms with E-state index < -0.39 is 8.07 Å². The molecule has 0 aliphatic heterocycles. The Labute approximate surface area is 186 Å². The van der Waals surface area contributed by atoms with Gasteiger partial charge < -0.3 is 4.79 Å². The number of nitro benzene ring substituents is 1. The molecule has 1 atom stereocenters. The lowest BCUT2D eigenvalue weighted by molar-refractivity contribution is -0.384. The minimum absolute atomic E-state index is 0.0444. The first-order valence-corrected chi connectivity index (χ1v) is 13.7. The Hall–Kier alpha value is -2.57. The first-order valence-electron chi connectivity index (χ1n) is 9.89. The third-order valence-corrected chi connectivity index (χ3v) is 9.50. The van der Waals surface area contributed by atoms with Gasteiger partial charge in [0.1, 0.15) is 5.41 Å². The molecule has 0 saturated carbocycles. The number of hydrogen-bond donors (Lipinski definition) is 0.